The number of carboxylic acid groups (broad SMARTS) is 1. The number of nitrogens with one attached hydrogen (secondary N) is 1. The highest BCUT2D eigenvalue weighted by atomic mass is 16.7. The average Bonchev–Trinajstić information content (AvgIpc) is 2.77. The minimum absolute atomic E-state index is 0.156. The van der Waals surface area contributed by atoms with Crippen molar-refractivity contribution in [2.45, 2.75) is 45.8 Å². The van der Waals surface area contributed by atoms with E-state index in [-0.39, 0.29) is 12.5 Å². The molecule has 0 aliphatic carbocycles. The van der Waals surface area contributed by atoms with E-state index in [1.165, 1.54) is 13.0 Å². The van der Waals surface area contributed by atoms with Crippen LogP contribution in [0.25, 0.3) is 12.2 Å². The van der Waals surface area contributed by atoms with Gasteiger partial charge in [0.15, 0.2) is 0 Å². The summed E-state index contributed by atoms with van der Waals surface area (Å²) in [4.78, 5) is 22.3. The second kappa shape index (κ2) is 8.11. The first-order chi connectivity index (χ1) is 12.5. The van der Waals surface area contributed by atoms with Crippen LogP contribution in [0.2, 0.25) is 0 Å². The van der Waals surface area contributed by atoms with Crippen LogP contribution < -0.4 is 5.32 Å². The van der Waals surface area contributed by atoms with Crippen LogP contribution in [0, 0.1) is 0 Å². The Morgan fingerprint density at radius 3 is 2.19 bits per heavy atom. The first kappa shape index (κ1) is 20.9. The van der Waals surface area contributed by atoms with Gasteiger partial charge < -0.3 is 19.7 Å². The Balaban J connectivity index is 2.41. The van der Waals surface area contributed by atoms with Crippen LogP contribution in [0.1, 0.15) is 45.7 Å². The van der Waals surface area contributed by atoms with Gasteiger partial charge in [0.2, 0.25) is 5.91 Å². The van der Waals surface area contributed by atoms with E-state index in [0.717, 1.165) is 22.7 Å². The van der Waals surface area contributed by atoms with Crippen LogP contribution in [0.3, 0.4) is 0 Å². The van der Waals surface area contributed by atoms with E-state index in [1.54, 1.807) is 0 Å². The normalized spacial score (nSPS) is 18.7. The summed E-state index contributed by atoms with van der Waals surface area (Å²) >= 11 is 0. The summed E-state index contributed by atoms with van der Waals surface area (Å²) in [5.41, 5.74) is 1.30. The Hall–Kier alpha value is -2.38. The number of carbonyl (C=O) groups is 2. The van der Waals surface area contributed by atoms with Crippen LogP contribution >= 0.6 is 0 Å². The van der Waals surface area contributed by atoms with Crippen molar-refractivity contribution in [2.75, 3.05) is 6.54 Å². The molecule has 0 radical (unpaired) electrons. The van der Waals surface area contributed by atoms with Crippen molar-refractivity contribution in [1.29, 1.82) is 0 Å². The molecule has 0 bridgehead atoms. The zero-order chi connectivity index (χ0) is 20.2. The van der Waals surface area contributed by atoms with Gasteiger partial charge in [-0.05, 0) is 50.4 Å². The molecule has 0 atom stereocenters. The minimum Gasteiger partial charge on any atom is -0.478 e. The number of aliphatic carboxylic acids is 1. The highest BCUT2D eigenvalue weighted by Gasteiger charge is 2.52. The van der Waals surface area contributed by atoms with Gasteiger partial charge in [0.1, 0.15) is 0 Å². The maximum Gasteiger partial charge on any atom is 0.492 e. The molecule has 1 aromatic rings. The summed E-state index contributed by atoms with van der Waals surface area (Å²) < 4.78 is 12.2. The van der Waals surface area contributed by atoms with Crippen molar-refractivity contribution >= 4 is 31.1 Å². The fraction of sp³-hybridized carbons (Fsp3) is 0.400. The van der Waals surface area contributed by atoms with Gasteiger partial charge >= 0.3 is 13.1 Å². The van der Waals surface area contributed by atoms with Gasteiger partial charge in [0.25, 0.3) is 0 Å². The smallest absolute Gasteiger partial charge is 0.478 e. The Kier molecular flexibility index (Phi) is 6.28. The highest BCUT2D eigenvalue weighted by molar-refractivity contribution is 6.56. The second-order valence-electron chi connectivity index (χ2n) is 7.52. The van der Waals surface area contributed by atoms with Gasteiger partial charge in [-0.3, -0.25) is 4.79 Å². The first-order valence-electron chi connectivity index (χ1n) is 8.82. The van der Waals surface area contributed by atoms with E-state index in [9.17, 15) is 9.59 Å². The van der Waals surface area contributed by atoms with Crippen molar-refractivity contribution in [2.24, 2.45) is 0 Å². The lowest BCUT2D eigenvalue weighted by Gasteiger charge is -2.32. The van der Waals surface area contributed by atoms with Gasteiger partial charge in [-0.15, -0.1) is 0 Å². The van der Waals surface area contributed by atoms with Crippen molar-refractivity contribution in [3.8, 4) is 0 Å². The number of carboxylic acids is 1. The molecule has 6 nitrogen and oxygen atoms in total. The molecule has 0 unspecified atom stereocenters. The van der Waals surface area contributed by atoms with Crippen LogP contribution in [0.4, 0.5) is 0 Å². The molecule has 1 aromatic carbocycles. The molecule has 1 aliphatic heterocycles. The van der Waals surface area contributed by atoms with Gasteiger partial charge in [0.05, 0.1) is 11.2 Å². The minimum atomic E-state index is -1.02. The lowest BCUT2D eigenvalue weighted by molar-refractivity contribution is -0.131. The quantitative estimate of drug-likeness (QED) is 0.593. The van der Waals surface area contributed by atoms with E-state index in [0.29, 0.717) is 0 Å². The standard InChI is InChI=1S/C20H26BNO5/c1-14(23)22-13-17(21-26-19(2,3)20(4,5)27-21)12-16-9-7-6-8-15(16)10-11-18(24)25/h6-12H,13H2,1-5H3,(H,22,23)(H,24,25)/b11-10+,17-12?. The van der Waals surface area contributed by atoms with E-state index in [1.807, 2.05) is 58.0 Å². The molecule has 1 amide bonds. The number of carbonyl (C=O) groups excluding carboxylic acids is 1. The molecule has 1 saturated heterocycles. The molecule has 1 fully saturated rings. The van der Waals surface area contributed by atoms with E-state index >= 15 is 0 Å². The average molecular weight is 371 g/mol. The number of hydrogen-bond donors (Lipinski definition) is 2. The first-order valence-corrected chi connectivity index (χ1v) is 8.82. The zero-order valence-electron chi connectivity index (χ0n) is 16.4. The van der Waals surface area contributed by atoms with Crippen molar-refractivity contribution in [1.82, 2.24) is 5.32 Å². The van der Waals surface area contributed by atoms with Crippen LogP contribution in [-0.4, -0.2) is 41.8 Å². The molecule has 1 heterocycles. The fourth-order valence-corrected chi connectivity index (χ4v) is 2.58. The number of benzene rings is 1. The summed E-state index contributed by atoms with van der Waals surface area (Å²) in [5, 5.41) is 11.7. The largest absolute Gasteiger partial charge is 0.492 e. The highest BCUT2D eigenvalue weighted by Crippen LogP contribution is 2.38. The number of rotatable bonds is 6. The Labute approximate surface area is 160 Å². The summed E-state index contributed by atoms with van der Waals surface area (Å²) in [6.45, 7) is 9.58. The van der Waals surface area contributed by atoms with Crippen molar-refractivity contribution in [3.63, 3.8) is 0 Å². The molecule has 7 heteroatoms. The van der Waals surface area contributed by atoms with Gasteiger partial charge in [-0.1, -0.05) is 30.3 Å². The Bertz CT molecular complexity index is 766. The van der Waals surface area contributed by atoms with E-state index in [4.69, 9.17) is 14.4 Å². The third-order valence-corrected chi connectivity index (χ3v) is 4.84. The molecule has 2 rings (SSSR count). The number of amides is 1. The van der Waals surface area contributed by atoms with E-state index < -0.39 is 24.3 Å². The van der Waals surface area contributed by atoms with Crippen LogP contribution in [-0.2, 0) is 18.9 Å². The lowest BCUT2D eigenvalue weighted by Crippen LogP contribution is -2.41. The summed E-state index contributed by atoms with van der Waals surface area (Å²) in [6, 6.07) is 7.40. The number of hydrogen-bond acceptors (Lipinski definition) is 4. The van der Waals surface area contributed by atoms with Gasteiger partial charge in [-0.2, -0.15) is 0 Å². The van der Waals surface area contributed by atoms with Crippen LogP contribution in [0.15, 0.2) is 35.8 Å². The summed E-state index contributed by atoms with van der Waals surface area (Å²) in [5.74, 6) is -1.17. The molecule has 144 valence electrons. The SMILES string of the molecule is CC(=O)NCC(=Cc1ccccc1/C=C/C(=O)O)B1OC(C)(C)C(C)(C)O1. The Morgan fingerprint density at radius 2 is 1.67 bits per heavy atom. The van der Waals surface area contributed by atoms with Crippen molar-refractivity contribution in [3.05, 3.63) is 46.9 Å². The van der Waals surface area contributed by atoms with Gasteiger partial charge in [0, 0.05) is 19.5 Å². The van der Waals surface area contributed by atoms with Crippen molar-refractivity contribution < 1.29 is 24.0 Å². The maximum atomic E-state index is 11.4. The molecule has 27 heavy (non-hydrogen) atoms. The second-order valence-corrected chi connectivity index (χ2v) is 7.52. The molecule has 1 aliphatic rings. The molecule has 0 aromatic heterocycles. The third kappa shape index (κ3) is 5.31. The van der Waals surface area contributed by atoms with E-state index in [2.05, 4.69) is 5.32 Å². The predicted octanol–water partition coefficient (Wildman–Crippen LogP) is 2.94. The predicted molar refractivity (Wildman–Crippen MR) is 106 cm³/mol. The molecule has 2 N–H and O–H groups in total. The molecule has 0 saturated carbocycles. The monoisotopic (exact) mass is 371 g/mol. The van der Waals surface area contributed by atoms with Crippen LogP contribution in [0.5, 0.6) is 0 Å². The maximum absolute atomic E-state index is 11.4. The summed E-state index contributed by atoms with van der Waals surface area (Å²) in [7, 11) is -0.613. The summed E-state index contributed by atoms with van der Waals surface area (Å²) in [6.07, 6.45) is 4.50. The third-order valence-electron chi connectivity index (χ3n) is 4.84. The molecular weight excluding hydrogens is 345 g/mol. The molecule has 0 spiro atoms. The lowest BCUT2D eigenvalue weighted by atomic mass is 9.76. The van der Waals surface area contributed by atoms with Gasteiger partial charge in [-0.25, -0.2) is 4.79 Å². The zero-order valence-corrected chi connectivity index (χ0v) is 16.4. The topological polar surface area (TPSA) is 84.9 Å². The molecular formula is C20H26BNO5. The fourth-order valence-electron chi connectivity index (χ4n) is 2.58. The Morgan fingerprint density at radius 1 is 1.11 bits per heavy atom.